The molecule has 1 heteroatoms. The second kappa shape index (κ2) is 7.50. The summed E-state index contributed by atoms with van der Waals surface area (Å²) in [5.41, 5.74) is 5.86. The zero-order valence-electron chi connectivity index (χ0n) is 14.2. The van der Waals surface area contributed by atoms with Crippen molar-refractivity contribution in [1.82, 2.24) is 0 Å². The standard InChI is InChI=1S/C22H26O/c1-3-5-14-23-22-13-12-20-15-19(10-11-21(20)16-22)18-8-6-17(4-2)7-9-18/h3,5-9,12-13,16,19H,4,10-11,14-15H2,1-2H3. The zero-order valence-corrected chi connectivity index (χ0v) is 14.2. The summed E-state index contributed by atoms with van der Waals surface area (Å²) >= 11 is 0. The minimum Gasteiger partial charge on any atom is -0.490 e. The van der Waals surface area contributed by atoms with Crippen molar-refractivity contribution < 1.29 is 4.74 Å². The molecule has 0 saturated heterocycles. The van der Waals surface area contributed by atoms with E-state index in [9.17, 15) is 0 Å². The van der Waals surface area contributed by atoms with E-state index in [4.69, 9.17) is 4.74 Å². The van der Waals surface area contributed by atoms with Crippen LogP contribution in [0.3, 0.4) is 0 Å². The Balaban J connectivity index is 1.70. The summed E-state index contributed by atoms with van der Waals surface area (Å²) in [6.45, 7) is 4.88. The summed E-state index contributed by atoms with van der Waals surface area (Å²) in [6, 6.07) is 15.8. The van der Waals surface area contributed by atoms with E-state index < -0.39 is 0 Å². The van der Waals surface area contributed by atoms with Gasteiger partial charge in [0.05, 0.1) is 0 Å². The maximum absolute atomic E-state index is 5.76. The van der Waals surface area contributed by atoms with Gasteiger partial charge in [-0.25, -0.2) is 0 Å². The Kier molecular flexibility index (Phi) is 5.17. The van der Waals surface area contributed by atoms with Crippen LogP contribution in [0.25, 0.3) is 0 Å². The lowest BCUT2D eigenvalue weighted by Gasteiger charge is -2.25. The fourth-order valence-corrected chi connectivity index (χ4v) is 3.37. The van der Waals surface area contributed by atoms with Crippen molar-refractivity contribution in [2.45, 2.75) is 45.4 Å². The Morgan fingerprint density at radius 1 is 1.09 bits per heavy atom. The van der Waals surface area contributed by atoms with Gasteiger partial charge in [-0.05, 0) is 72.9 Å². The number of allylic oxidation sites excluding steroid dienone is 1. The molecule has 0 radical (unpaired) electrons. The van der Waals surface area contributed by atoms with Crippen LogP contribution in [0.2, 0.25) is 0 Å². The number of ether oxygens (including phenoxy) is 1. The van der Waals surface area contributed by atoms with E-state index >= 15 is 0 Å². The van der Waals surface area contributed by atoms with Crippen LogP contribution in [0.15, 0.2) is 54.6 Å². The molecule has 1 aliphatic carbocycles. The van der Waals surface area contributed by atoms with E-state index in [0.29, 0.717) is 12.5 Å². The average molecular weight is 306 g/mol. The van der Waals surface area contributed by atoms with E-state index in [1.54, 1.807) is 0 Å². The number of hydrogen-bond acceptors (Lipinski definition) is 1. The summed E-state index contributed by atoms with van der Waals surface area (Å²) in [4.78, 5) is 0. The summed E-state index contributed by atoms with van der Waals surface area (Å²) < 4.78 is 5.76. The van der Waals surface area contributed by atoms with Gasteiger partial charge in [-0.3, -0.25) is 0 Å². The van der Waals surface area contributed by atoms with Crippen LogP contribution in [0.4, 0.5) is 0 Å². The topological polar surface area (TPSA) is 9.23 Å². The lowest BCUT2D eigenvalue weighted by Crippen LogP contribution is -2.13. The largest absolute Gasteiger partial charge is 0.490 e. The van der Waals surface area contributed by atoms with Gasteiger partial charge in [0.15, 0.2) is 0 Å². The van der Waals surface area contributed by atoms with Crippen LogP contribution < -0.4 is 4.74 Å². The smallest absolute Gasteiger partial charge is 0.120 e. The number of benzene rings is 2. The fraction of sp³-hybridized carbons (Fsp3) is 0.364. The molecule has 0 aromatic heterocycles. The number of rotatable bonds is 5. The van der Waals surface area contributed by atoms with Gasteiger partial charge in [0.25, 0.3) is 0 Å². The molecule has 0 aliphatic heterocycles. The third kappa shape index (κ3) is 3.85. The predicted molar refractivity (Wildman–Crippen MR) is 97.3 cm³/mol. The highest BCUT2D eigenvalue weighted by molar-refractivity contribution is 5.40. The molecule has 0 N–H and O–H groups in total. The highest BCUT2D eigenvalue weighted by atomic mass is 16.5. The molecule has 120 valence electrons. The zero-order chi connectivity index (χ0) is 16.1. The van der Waals surface area contributed by atoms with E-state index in [-0.39, 0.29) is 0 Å². The summed E-state index contributed by atoms with van der Waals surface area (Å²) in [6.07, 6.45) is 8.70. The molecule has 0 saturated carbocycles. The summed E-state index contributed by atoms with van der Waals surface area (Å²) in [5.74, 6) is 1.65. The number of aryl methyl sites for hydroxylation is 2. The molecular weight excluding hydrogens is 280 g/mol. The van der Waals surface area contributed by atoms with Crippen molar-refractivity contribution in [2.75, 3.05) is 6.61 Å². The van der Waals surface area contributed by atoms with Gasteiger partial charge in [0.2, 0.25) is 0 Å². The molecule has 1 nitrogen and oxygen atoms in total. The second-order valence-electron chi connectivity index (χ2n) is 6.35. The van der Waals surface area contributed by atoms with E-state index in [1.165, 1.54) is 28.7 Å². The van der Waals surface area contributed by atoms with Crippen molar-refractivity contribution in [3.8, 4) is 5.75 Å². The van der Waals surface area contributed by atoms with Gasteiger partial charge < -0.3 is 4.74 Å². The van der Waals surface area contributed by atoms with Gasteiger partial charge in [-0.2, -0.15) is 0 Å². The third-order valence-corrected chi connectivity index (χ3v) is 4.85. The van der Waals surface area contributed by atoms with E-state index in [0.717, 1.165) is 25.0 Å². The summed E-state index contributed by atoms with van der Waals surface area (Å²) in [7, 11) is 0. The Hall–Kier alpha value is -2.02. The fourth-order valence-electron chi connectivity index (χ4n) is 3.37. The highest BCUT2D eigenvalue weighted by Crippen LogP contribution is 2.34. The minimum atomic E-state index is 0.654. The molecule has 1 atom stereocenters. The maximum Gasteiger partial charge on any atom is 0.120 e. The summed E-state index contributed by atoms with van der Waals surface area (Å²) in [5, 5.41) is 0. The first kappa shape index (κ1) is 15.9. The molecule has 23 heavy (non-hydrogen) atoms. The molecule has 2 aromatic rings. The van der Waals surface area contributed by atoms with Crippen LogP contribution in [0, 0.1) is 0 Å². The van der Waals surface area contributed by atoms with E-state index in [2.05, 4.69) is 49.4 Å². The van der Waals surface area contributed by atoms with Crippen molar-refractivity contribution in [3.63, 3.8) is 0 Å². The van der Waals surface area contributed by atoms with Crippen LogP contribution in [0.1, 0.15) is 48.4 Å². The SMILES string of the molecule is CC=CCOc1ccc2c(c1)CCC(c1ccc(CC)cc1)C2. The van der Waals surface area contributed by atoms with E-state index in [1.807, 2.05) is 19.1 Å². The number of hydrogen-bond donors (Lipinski definition) is 0. The molecule has 1 unspecified atom stereocenters. The monoisotopic (exact) mass is 306 g/mol. The molecule has 0 spiro atoms. The predicted octanol–water partition coefficient (Wildman–Crippen LogP) is 5.48. The van der Waals surface area contributed by atoms with Gasteiger partial charge >= 0.3 is 0 Å². The van der Waals surface area contributed by atoms with Gasteiger partial charge in [-0.15, -0.1) is 0 Å². The first-order chi connectivity index (χ1) is 11.3. The van der Waals surface area contributed by atoms with Crippen LogP contribution in [0.5, 0.6) is 5.75 Å². The second-order valence-corrected chi connectivity index (χ2v) is 6.35. The normalized spacial score (nSPS) is 17.2. The molecule has 0 heterocycles. The maximum atomic E-state index is 5.76. The quantitative estimate of drug-likeness (QED) is 0.665. The lowest BCUT2D eigenvalue weighted by atomic mass is 9.80. The van der Waals surface area contributed by atoms with Crippen molar-refractivity contribution in [2.24, 2.45) is 0 Å². The van der Waals surface area contributed by atoms with Crippen molar-refractivity contribution in [1.29, 1.82) is 0 Å². The molecule has 1 aliphatic rings. The van der Waals surface area contributed by atoms with Crippen LogP contribution in [-0.4, -0.2) is 6.61 Å². The first-order valence-electron chi connectivity index (χ1n) is 8.74. The van der Waals surface area contributed by atoms with Gasteiger partial charge in [0.1, 0.15) is 12.4 Å². The van der Waals surface area contributed by atoms with Crippen LogP contribution >= 0.6 is 0 Å². The molecule has 0 amide bonds. The van der Waals surface area contributed by atoms with Gasteiger partial charge in [-0.1, -0.05) is 49.4 Å². The molecule has 3 rings (SSSR count). The molecule has 0 fully saturated rings. The average Bonchev–Trinajstić information content (AvgIpc) is 2.61. The van der Waals surface area contributed by atoms with Gasteiger partial charge in [0, 0.05) is 0 Å². The lowest BCUT2D eigenvalue weighted by molar-refractivity contribution is 0.361. The number of fused-ring (bicyclic) bond motifs is 1. The highest BCUT2D eigenvalue weighted by Gasteiger charge is 2.20. The Morgan fingerprint density at radius 3 is 2.65 bits per heavy atom. The Morgan fingerprint density at radius 2 is 1.91 bits per heavy atom. The first-order valence-corrected chi connectivity index (χ1v) is 8.74. The molecular formula is C22H26O. The van der Waals surface area contributed by atoms with Crippen molar-refractivity contribution >= 4 is 0 Å². The Labute approximate surface area is 140 Å². The Bertz CT molecular complexity index is 667. The molecule has 0 bridgehead atoms. The van der Waals surface area contributed by atoms with Crippen LogP contribution in [-0.2, 0) is 19.3 Å². The molecule has 2 aromatic carbocycles. The minimum absolute atomic E-state index is 0.654. The third-order valence-electron chi connectivity index (χ3n) is 4.85. The van der Waals surface area contributed by atoms with Crippen molar-refractivity contribution in [3.05, 3.63) is 76.9 Å².